The summed E-state index contributed by atoms with van der Waals surface area (Å²) in [5.74, 6) is 0.983. The van der Waals surface area contributed by atoms with E-state index in [1.807, 2.05) is 18.5 Å². The number of aromatic nitrogens is 5. The van der Waals surface area contributed by atoms with Gasteiger partial charge in [-0.2, -0.15) is 4.98 Å². The van der Waals surface area contributed by atoms with Crippen molar-refractivity contribution in [1.29, 1.82) is 0 Å². The van der Waals surface area contributed by atoms with Crippen molar-refractivity contribution in [3.05, 3.63) is 24.2 Å². The van der Waals surface area contributed by atoms with Gasteiger partial charge in [0.05, 0.1) is 6.20 Å². The van der Waals surface area contributed by atoms with E-state index in [9.17, 15) is 4.39 Å². The molecule has 0 saturated heterocycles. The largest absolute Gasteiger partial charge is 0.367 e. The minimum Gasteiger partial charge on any atom is -0.367 e. The van der Waals surface area contributed by atoms with Crippen molar-refractivity contribution < 1.29 is 4.39 Å². The summed E-state index contributed by atoms with van der Waals surface area (Å²) in [4.78, 5) is 7.98. The summed E-state index contributed by atoms with van der Waals surface area (Å²) in [5, 5.41) is 13.7. The van der Waals surface area contributed by atoms with Gasteiger partial charge in [0.15, 0.2) is 11.6 Å². The highest BCUT2D eigenvalue weighted by molar-refractivity contribution is 5.41. The van der Waals surface area contributed by atoms with Crippen LogP contribution in [0.15, 0.2) is 12.5 Å². The summed E-state index contributed by atoms with van der Waals surface area (Å²) in [5.41, 5.74) is 0. The van der Waals surface area contributed by atoms with Gasteiger partial charge in [-0.1, -0.05) is 6.92 Å². The van der Waals surface area contributed by atoms with Crippen LogP contribution in [0, 0.1) is 5.82 Å². The van der Waals surface area contributed by atoms with Crippen LogP contribution in [0.1, 0.15) is 19.2 Å². The van der Waals surface area contributed by atoms with Crippen LogP contribution in [0.2, 0.25) is 0 Å². The molecule has 2 aromatic heterocycles. The molecular weight excluding hydrogens is 261 g/mol. The first-order valence-corrected chi connectivity index (χ1v) is 6.54. The SMILES string of the molecule is CCCNc1ncc(F)c(NCCc2nncn2C)n1. The fourth-order valence-corrected chi connectivity index (χ4v) is 1.64. The lowest BCUT2D eigenvalue weighted by Gasteiger charge is -2.08. The second-order valence-corrected chi connectivity index (χ2v) is 4.35. The number of rotatable bonds is 7. The Balaban J connectivity index is 1.92. The smallest absolute Gasteiger partial charge is 0.224 e. The maximum absolute atomic E-state index is 13.6. The zero-order chi connectivity index (χ0) is 14.4. The Kier molecular flexibility index (Phi) is 4.80. The van der Waals surface area contributed by atoms with Gasteiger partial charge in [-0.05, 0) is 6.42 Å². The highest BCUT2D eigenvalue weighted by Crippen LogP contribution is 2.11. The van der Waals surface area contributed by atoms with Crippen LogP contribution in [0.25, 0.3) is 0 Å². The molecule has 108 valence electrons. The molecule has 0 amide bonds. The molecule has 0 radical (unpaired) electrons. The Morgan fingerprint density at radius 3 is 2.85 bits per heavy atom. The van der Waals surface area contributed by atoms with Gasteiger partial charge in [-0.15, -0.1) is 10.2 Å². The lowest BCUT2D eigenvalue weighted by atomic mass is 10.4. The van der Waals surface area contributed by atoms with Crippen LogP contribution in [0.4, 0.5) is 16.2 Å². The summed E-state index contributed by atoms with van der Waals surface area (Å²) >= 11 is 0. The molecule has 8 heteroatoms. The zero-order valence-electron chi connectivity index (χ0n) is 11.6. The Bertz CT molecular complexity index is 554. The fraction of sp³-hybridized carbons (Fsp3) is 0.500. The van der Waals surface area contributed by atoms with Gasteiger partial charge in [0, 0.05) is 26.6 Å². The average Bonchev–Trinajstić information content (AvgIpc) is 2.85. The fourth-order valence-electron chi connectivity index (χ4n) is 1.64. The molecule has 0 aliphatic heterocycles. The third-order valence-electron chi connectivity index (χ3n) is 2.72. The van der Waals surface area contributed by atoms with E-state index in [-0.39, 0.29) is 5.82 Å². The maximum Gasteiger partial charge on any atom is 0.224 e. The number of nitrogens with zero attached hydrogens (tertiary/aromatic N) is 5. The Hall–Kier alpha value is -2.25. The third kappa shape index (κ3) is 3.62. The van der Waals surface area contributed by atoms with Gasteiger partial charge in [-0.3, -0.25) is 0 Å². The second-order valence-electron chi connectivity index (χ2n) is 4.35. The van der Waals surface area contributed by atoms with E-state index >= 15 is 0 Å². The number of hydrogen-bond donors (Lipinski definition) is 2. The first kappa shape index (κ1) is 14.2. The molecule has 7 nitrogen and oxygen atoms in total. The molecule has 0 aliphatic rings. The van der Waals surface area contributed by atoms with Crippen LogP contribution in [-0.4, -0.2) is 37.8 Å². The van der Waals surface area contributed by atoms with Crippen molar-refractivity contribution in [3.8, 4) is 0 Å². The summed E-state index contributed by atoms with van der Waals surface area (Å²) in [6, 6.07) is 0. The quantitative estimate of drug-likeness (QED) is 0.793. The van der Waals surface area contributed by atoms with Crippen molar-refractivity contribution in [3.63, 3.8) is 0 Å². The van der Waals surface area contributed by atoms with Gasteiger partial charge in [0.2, 0.25) is 5.95 Å². The Morgan fingerprint density at radius 2 is 2.15 bits per heavy atom. The molecule has 20 heavy (non-hydrogen) atoms. The lowest BCUT2D eigenvalue weighted by Crippen LogP contribution is -2.13. The second kappa shape index (κ2) is 6.78. The zero-order valence-corrected chi connectivity index (χ0v) is 11.6. The van der Waals surface area contributed by atoms with Crippen molar-refractivity contribution in [2.75, 3.05) is 23.7 Å². The molecule has 0 aliphatic carbocycles. The summed E-state index contributed by atoms with van der Waals surface area (Å²) in [7, 11) is 1.87. The van der Waals surface area contributed by atoms with Crippen molar-refractivity contribution >= 4 is 11.8 Å². The summed E-state index contributed by atoms with van der Waals surface area (Å²) in [6.45, 7) is 3.31. The highest BCUT2D eigenvalue weighted by Gasteiger charge is 2.07. The van der Waals surface area contributed by atoms with E-state index in [0.29, 0.717) is 18.9 Å². The van der Waals surface area contributed by atoms with Crippen LogP contribution < -0.4 is 10.6 Å². The minimum atomic E-state index is -0.468. The van der Waals surface area contributed by atoms with E-state index in [2.05, 4.69) is 30.8 Å². The van der Waals surface area contributed by atoms with Crippen LogP contribution in [-0.2, 0) is 13.5 Å². The number of halogens is 1. The molecule has 0 atom stereocenters. The standard InChI is InChI=1S/C12H18FN7/c1-3-5-15-12-16-7-9(13)11(18-12)14-6-4-10-19-17-8-20(10)2/h7-8H,3-6H2,1-2H3,(H2,14,15,16,18). The summed E-state index contributed by atoms with van der Waals surface area (Å²) in [6.07, 6.45) is 4.39. The molecule has 2 rings (SSSR count). The molecule has 2 aromatic rings. The van der Waals surface area contributed by atoms with E-state index in [1.165, 1.54) is 0 Å². The normalized spacial score (nSPS) is 10.6. The molecular formula is C12H18FN7. The first-order chi connectivity index (χ1) is 9.70. The Labute approximate surface area is 116 Å². The van der Waals surface area contributed by atoms with E-state index < -0.39 is 5.82 Å². The average molecular weight is 279 g/mol. The van der Waals surface area contributed by atoms with Crippen LogP contribution >= 0.6 is 0 Å². The van der Waals surface area contributed by atoms with Gasteiger partial charge in [0.1, 0.15) is 12.2 Å². The maximum atomic E-state index is 13.6. The lowest BCUT2D eigenvalue weighted by molar-refractivity contribution is 0.616. The van der Waals surface area contributed by atoms with Gasteiger partial charge >= 0.3 is 0 Å². The van der Waals surface area contributed by atoms with Gasteiger partial charge in [0.25, 0.3) is 0 Å². The number of anilines is 2. The van der Waals surface area contributed by atoms with E-state index in [1.54, 1.807) is 6.33 Å². The molecule has 2 heterocycles. The van der Waals surface area contributed by atoms with Crippen molar-refractivity contribution in [2.45, 2.75) is 19.8 Å². The Morgan fingerprint density at radius 1 is 1.30 bits per heavy atom. The summed E-state index contributed by atoms with van der Waals surface area (Å²) < 4.78 is 15.4. The molecule has 0 bridgehead atoms. The van der Waals surface area contributed by atoms with E-state index in [4.69, 9.17) is 0 Å². The molecule has 0 aromatic carbocycles. The number of hydrogen-bond acceptors (Lipinski definition) is 6. The number of nitrogens with one attached hydrogen (secondary N) is 2. The van der Waals surface area contributed by atoms with Crippen molar-refractivity contribution in [1.82, 2.24) is 24.7 Å². The van der Waals surface area contributed by atoms with E-state index in [0.717, 1.165) is 25.0 Å². The molecule has 0 spiro atoms. The predicted molar refractivity (Wildman–Crippen MR) is 74.0 cm³/mol. The highest BCUT2D eigenvalue weighted by atomic mass is 19.1. The molecule has 0 fully saturated rings. The molecule has 0 unspecified atom stereocenters. The van der Waals surface area contributed by atoms with Crippen LogP contribution in [0.3, 0.4) is 0 Å². The molecule has 2 N–H and O–H groups in total. The minimum absolute atomic E-state index is 0.195. The van der Waals surface area contributed by atoms with Gasteiger partial charge in [-0.25, -0.2) is 9.37 Å². The number of aryl methyl sites for hydroxylation is 1. The topological polar surface area (TPSA) is 80.5 Å². The third-order valence-corrected chi connectivity index (χ3v) is 2.72. The van der Waals surface area contributed by atoms with Gasteiger partial charge < -0.3 is 15.2 Å². The molecule has 0 saturated carbocycles. The first-order valence-electron chi connectivity index (χ1n) is 6.54. The monoisotopic (exact) mass is 279 g/mol. The van der Waals surface area contributed by atoms with Crippen molar-refractivity contribution in [2.24, 2.45) is 7.05 Å². The predicted octanol–water partition coefficient (Wildman–Crippen LogP) is 1.22. The van der Waals surface area contributed by atoms with Crippen LogP contribution in [0.5, 0.6) is 0 Å².